The molecule has 1 aromatic carbocycles. The topological polar surface area (TPSA) is 82.2 Å². The molecule has 1 heterocycles. The van der Waals surface area contributed by atoms with Gasteiger partial charge in [0.2, 0.25) is 0 Å². The van der Waals surface area contributed by atoms with Gasteiger partial charge in [0.25, 0.3) is 5.91 Å². The van der Waals surface area contributed by atoms with Crippen molar-refractivity contribution in [1.82, 2.24) is 10.3 Å². The van der Waals surface area contributed by atoms with E-state index in [4.69, 9.17) is 11.6 Å². The summed E-state index contributed by atoms with van der Waals surface area (Å²) in [6, 6.07) is 6.34. The van der Waals surface area contributed by atoms with E-state index in [-0.39, 0.29) is 18.3 Å². The van der Waals surface area contributed by atoms with Gasteiger partial charge in [0, 0.05) is 16.3 Å². The number of Topliss-reactive ketones (excluding diaryl/α,β-unsaturated/α-hetero) is 1. The zero-order valence-corrected chi connectivity index (χ0v) is 14.0. The van der Waals surface area contributed by atoms with Gasteiger partial charge in [-0.2, -0.15) is 0 Å². The van der Waals surface area contributed by atoms with E-state index in [1.807, 2.05) is 0 Å². The molecule has 2 rings (SSSR count). The van der Waals surface area contributed by atoms with Crippen molar-refractivity contribution < 1.29 is 14.7 Å². The SMILES string of the molecule is CC(=O)c1c(C)[nH]c(C(=O)NC(CO)c2ccc(Cl)cc2)c1C. The standard InChI is InChI=1S/C17H19ClN2O3/c1-9-15(11(3)22)10(2)19-16(9)17(23)20-14(8-21)12-4-6-13(18)7-5-12/h4-7,14,19,21H,8H2,1-3H3,(H,20,23). The number of carbonyl (C=O) groups excluding carboxylic acids is 2. The molecule has 0 radical (unpaired) electrons. The first-order valence-corrected chi connectivity index (χ1v) is 7.60. The Bertz CT molecular complexity index is 735. The van der Waals surface area contributed by atoms with E-state index in [0.717, 1.165) is 5.56 Å². The molecule has 1 unspecified atom stereocenters. The predicted molar refractivity (Wildman–Crippen MR) is 89.0 cm³/mol. The van der Waals surface area contributed by atoms with Crippen LogP contribution in [0.1, 0.15) is 50.6 Å². The summed E-state index contributed by atoms with van der Waals surface area (Å²) in [7, 11) is 0. The molecule has 0 bridgehead atoms. The lowest BCUT2D eigenvalue weighted by atomic mass is 10.1. The highest BCUT2D eigenvalue weighted by Gasteiger charge is 2.22. The number of hydrogen-bond donors (Lipinski definition) is 3. The van der Waals surface area contributed by atoms with Crippen LogP contribution in [-0.2, 0) is 0 Å². The lowest BCUT2D eigenvalue weighted by Crippen LogP contribution is -2.31. The average Bonchev–Trinajstić information content (AvgIpc) is 2.80. The highest BCUT2D eigenvalue weighted by Crippen LogP contribution is 2.20. The first-order chi connectivity index (χ1) is 10.8. The fourth-order valence-electron chi connectivity index (χ4n) is 2.67. The summed E-state index contributed by atoms with van der Waals surface area (Å²) in [6.07, 6.45) is 0. The second-order valence-electron chi connectivity index (χ2n) is 5.44. The number of aromatic nitrogens is 1. The number of aliphatic hydroxyl groups excluding tert-OH is 1. The van der Waals surface area contributed by atoms with Crippen LogP contribution in [0.2, 0.25) is 5.02 Å². The van der Waals surface area contributed by atoms with E-state index in [0.29, 0.717) is 27.5 Å². The maximum absolute atomic E-state index is 12.5. The number of benzene rings is 1. The van der Waals surface area contributed by atoms with Gasteiger partial charge in [0.15, 0.2) is 5.78 Å². The Morgan fingerprint density at radius 2 is 1.87 bits per heavy atom. The molecule has 0 aliphatic rings. The van der Waals surface area contributed by atoms with Crippen molar-refractivity contribution in [3.05, 3.63) is 57.4 Å². The molecule has 0 spiro atoms. The zero-order valence-electron chi connectivity index (χ0n) is 13.2. The third-order valence-corrected chi connectivity index (χ3v) is 4.03. The molecule has 1 aromatic heterocycles. The van der Waals surface area contributed by atoms with E-state index in [1.54, 1.807) is 38.1 Å². The third-order valence-electron chi connectivity index (χ3n) is 3.78. The number of aliphatic hydroxyl groups is 1. The van der Waals surface area contributed by atoms with Crippen molar-refractivity contribution in [2.45, 2.75) is 26.8 Å². The fourth-order valence-corrected chi connectivity index (χ4v) is 2.79. The number of H-pyrrole nitrogens is 1. The zero-order chi connectivity index (χ0) is 17.1. The van der Waals surface area contributed by atoms with Gasteiger partial charge in [-0.05, 0) is 44.0 Å². The summed E-state index contributed by atoms with van der Waals surface area (Å²) in [6.45, 7) is 4.70. The van der Waals surface area contributed by atoms with Crippen LogP contribution >= 0.6 is 11.6 Å². The van der Waals surface area contributed by atoms with Crippen molar-refractivity contribution in [2.24, 2.45) is 0 Å². The van der Waals surface area contributed by atoms with Gasteiger partial charge in [-0.15, -0.1) is 0 Å². The van der Waals surface area contributed by atoms with Crippen molar-refractivity contribution in [1.29, 1.82) is 0 Å². The molecule has 1 atom stereocenters. The molecule has 0 fully saturated rings. The minimum atomic E-state index is -0.552. The minimum Gasteiger partial charge on any atom is -0.394 e. The van der Waals surface area contributed by atoms with Gasteiger partial charge in [-0.1, -0.05) is 23.7 Å². The molecule has 2 aromatic rings. The lowest BCUT2D eigenvalue weighted by Gasteiger charge is -2.16. The number of hydrogen-bond acceptors (Lipinski definition) is 3. The van der Waals surface area contributed by atoms with E-state index < -0.39 is 6.04 Å². The number of halogens is 1. The second-order valence-corrected chi connectivity index (χ2v) is 5.88. The Balaban J connectivity index is 2.25. The van der Waals surface area contributed by atoms with Crippen LogP contribution in [0, 0.1) is 13.8 Å². The van der Waals surface area contributed by atoms with E-state index >= 15 is 0 Å². The molecule has 3 N–H and O–H groups in total. The van der Waals surface area contributed by atoms with Crippen LogP contribution in [-0.4, -0.2) is 28.4 Å². The molecule has 23 heavy (non-hydrogen) atoms. The fraction of sp³-hybridized carbons (Fsp3) is 0.294. The average molecular weight is 335 g/mol. The molecule has 0 aliphatic heterocycles. The lowest BCUT2D eigenvalue weighted by molar-refractivity contribution is 0.0911. The first-order valence-electron chi connectivity index (χ1n) is 7.22. The van der Waals surface area contributed by atoms with Gasteiger partial charge < -0.3 is 15.4 Å². The smallest absolute Gasteiger partial charge is 0.268 e. The molecule has 0 saturated carbocycles. The first kappa shape index (κ1) is 17.2. The van der Waals surface area contributed by atoms with Crippen LogP contribution in [0.15, 0.2) is 24.3 Å². The number of carbonyl (C=O) groups is 2. The van der Waals surface area contributed by atoms with Crippen LogP contribution in [0.5, 0.6) is 0 Å². The molecule has 1 amide bonds. The summed E-state index contributed by atoms with van der Waals surface area (Å²) in [5.41, 5.74) is 2.88. The number of nitrogens with one attached hydrogen (secondary N) is 2. The van der Waals surface area contributed by atoms with Crippen molar-refractivity contribution in [3.63, 3.8) is 0 Å². The van der Waals surface area contributed by atoms with Crippen LogP contribution in [0.4, 0.5) is 0 Å². The predicted octanol–water partition coefficient (Wildman–Crippen LogP) is 2.95. The summed E-state index contributed by atoms with van der Waals surface area (Å²) >= 11 is 5.84. The maximum Gasteiger partial charge on any atom is 0.268 e. The highest BCUT2D eigenvalue weighted by atomic mass is 35.5. The Kier molecular flexibility index (Phi) is 5.23. The quantitative estimate of drug-likeness (QED) is 0.735. The molecule has 6 heteroatoms. The van der Waals surface area contributed by atoms with Crippen LogP contribution < -0.4 is 5.32 Å². The summed E-state index contributed by atoms with van der Waals surface area (Å²) < 4.78 is 0. The van der Waals surface area contributed by atoms with E-state index in [1.165, 1.54) is 6.92 Å². The molecule has 0 aliphatic carbocycles. The number of amides is 1. The van der Waals surface area contributed by atoms with Gasteiger partial charge in [0.1, 0.15) is 5.69 Å². The van der Waals surface area contributed by atoms with E-state index in [2.05, 4.69) is 10.3 Å². The maximum atomic E-state index is 12.5. The van der Waals surface area contributed by atoms with Crippen molar-refractivity contribution in [2.75, 3.05) is 6.61 Å². The van der Waals surface area contributed by atoms with Gasteiger partial charge >= 0.3 is 0 Å². The van der Waals surface area contributed by atoms with E-state index in [9.17, 15) is 14.7 Å². The molecular formula is C17H19ClN2O3. The molecular weight excluding hydrogens is 316 g/mol. The normalized spacial score (nSPS) is 12.0. The minimum absolute atomic E-state index is 0.0910. The molecule has 0 saturated heterocycles. The van der Waals surface area contributed by atoms with Crippen molar-refractivity contribution in [3.8, 4) is 0 Å². The largest absolute Gasteiger partial charge is 0.394 e. The highest BCUT2D eigenvalue weighted by molar-refractivity contribution is 6.30. The van der Waals surface area contributed by atoms with Crippen LogP contribution in [0.25, 0.3) is 0 Å². The molecule has 122 valence electrons. The van der Waals surface area contributed by atoms with Crippen molar-refractivity contribution >= 4 is 23.3 Å². The van der Waals surface area contributed by atoms with Gasteiger partial charge in [0.05, 0.1) is 12.6 Å². The third kappa shape index (κ3) is 3.63. The summed E-state index contributed by atoms with van der Waals surface area (Å²) in [5.74, 6) is -0.459. The Hall–Kier alpha value is -2.11. The van der Waals surface area contributed by atoms with Gasteiger partial charge in [-0.25, -0.2) is 0 Å². The number of ketones is 1. The molecule has 5 nitrogen and oxygen atoms in total. The number of aromatic amines is 1. The number of aryl methyl sites for hydroxylation is 1. The summed E-state index contributed by atoms with van der Waals surface area (Å²) in [4.78, 5) is 27.1. The Labute approximate surface area is 139 Å². The Morgan fingerprint density at radius 3 is 2.35 bits per heavy atom. The summed E-state index contributed by atoms with van der Waals surface area (Å²) in [5, 5.41) is 12.9. The van der Waals surface area contributed by atoms with Gasteiger partial charge in [-0.3, -0.25) is 9.59 Å². The Morgan fingerprint density at radius 1 is 1.26 bits per heavy atom. The number of rotatable bonds is 5. The monoisotopic (exact) mass is 334 g/mol. The second kappa shape index (κ2) is 6.98. The van der Waals surface area contributed by atoms with Crippen LogP contribution in [0.3, 0.4) is 0 Å².